The first-order chi connectivity index (χ1) is 8.20. The van der Waals surface area contributed by atoms with Crippen LogP contribution in [-0.2, 0) is 0 Å². The number of hydrogen-bond acceptors (Lipinski definition) is 4. The lowest BCUT2D eigenvalue weighted by Crippen LogP contribution is -1.98. The second-order valence-electron chi connectivity index (χ2n) is 3.69. The Kier molecular flexibility index (Phi) is 3.64. The highest BCUT2D eigenvalue weighted by atomic mass is 32.1. The van der Waals surface area contributed by atoms with Gasteiger partial charge in [0, 0.05) is 10.4 Å². The predicted molar refractivity (Wildman–Crippen MR) is 71.6 cm³/mol. The Balaban J connectivity index is 2.07. The lowest BCUT2D eigenvalue weighted by atomic mass is 10.2. The Morgan fingerprint density at radius 2 is 2.06 bits per heavy atom. The molecule has 0 aliphatic carbocycles. The topological polar surface area (TPSA) is 34.1 Å². The van der Waals surface area contributed by atoms with E-state index in [0.29, 0.717) is 0 Å². The Morgan fingerprint density at radius 3 is 2.71 bits per heavy atom. The minimum atomic E-state index is 0.852. The molecule has 4 heteroatoms. The van der Waals surface area contributed by atoms with Crippen molar-refractivity contribution in [2.75, 3.05) is 12.4 Å². The van der Waals surface area contributed by atoms with Crippen molar-refractivity contribution in [2.45, 2.75) is 13.8 Å². The van der Waals surface area contributed by atoms with Crippen LogP contribution in [0.1, 0.15) is 16.1 Å². The van der Waals surface area contributed by atoms with Crippen molar-refractivity contribution in [1.82, 2.24) is 4.98 Å². The molecule has 1 N–H and O–H groups in total. The fraction of sp³-hybridized carbons (Fsp3) is 0.231. The van der Waals surface area contributed by atoms with Crippen LogP contribution in [0.15, 0.2) is 24.3 Å². The fourth-order valence-corrected chi connectivity index (χ4v) is 2.24. The van der Waals surface area contributed by atoms with Crippen molar-refractivity contribution >= 4 is 16.5 Å². The van der Waals surface area contributed by atoms with Crippen LogP contribution < -0.4 is 10.1 Å². The first kappa shape index (κ1) is 11.9. The Bertz CT molecular complexity index is 488. The first-order valence-corrected chi connectivity index (χ1v) is 6.19. The number of methoxy groups -OCH3 is 1. The molecule has 0 aliphatic heterocycles. The SMILES string of the molecule is COc1ccccc1[CH]Nc1nc(C)c(C)s1. The number of anilines is 1. The Labute approximate surface area is 105 Å². The maximum absolute atomic E-state index is 5.27. The van der Waals surface area contributed by atoms with Crippen molar-refractivity contribution in [3.8, 4) is 5.75 Å². The number of nitrogens with zero attached hydrogens (tertiary/aromatic N) is 1. The second kappa shape index (κ2) is 5.19. The van der Waals surface area contributed by atoms with Crippen LogP contribution in [0.3, 0.4) is 0 Å². The molecule has 1 aromatic heterocycles. The first-order valence-electron chi connectivity index (χ1n) is 5.37. The highest BCUT2D eigenvalue weighted by Crippen LogP contribution is 2.24. The van der Waals surface area contributed by atoms with Crippen LogP contribution in [0.25, 0.3) is 0 Å². The molecule has 17 heavy (non-hydrogen) atoms. The minimum absolute atomic E-state index is 0.852. The standard InChI is InChI=1S/C13H15N2OS/c1-9-10(2)17-13(15-9)14-8-11-6-4-5-7-12(11)16-3/h4-8H,1-3H3,(H,14,15). The number of ether oxygens (including phenoxy) is 1. The number of hydrogen-bond donors (Lipinski definition) is 1. The lowest BCUT2D eigenvalue weighted by Gasteiger charge is -2.07. The van der Waals surface area contributed by atoms with E-state index in [1.807, 2.05) is 37.7 Å². The molecule has 2 aromatic rings. The molecule has 0 bridgehead atoms. The van der Waals surface area contributed by atoms with Crippen molar-refractivity contribution < 1.29 is 4.74 Å². The van der Waals surface area contributed by atoms with E-state index >= 15 is 0 Å². The third-order valence-corrected chi connectivity index (χ3v) is 3.52. The van der Waals surface area contributed by atoms with Gasteiger partial charge in [-0.3, -0.25) is 0 Å². The number of para-hydroxylation sites is 1. The maximum Gasteiger partial charge on any atom is 0.183 e. The Hall–Kier alpha value is -1.55. The number of thiazole rings is 1. The lowest BCUT2D eigenvalue weighted by molar-refractivity contribution is 0.412. The number of rotatable bonds is 4. The highest BCUT2D eigenvalue weighted by Gasteiger charge is 2.05. The third-order valence-electron chi connectivity index (χ3n) is 2.52. The summed E-state index contributed by atoms with van der Waals surface area (Å²) >= 11 is 1.65. The van der Waals surface area contributed by atoms with Gasteiger partial charge in [0.1, 0.15) is 5.75 Å². The zero-order valence-corrected chi connectivity index (χ0v) is 11.0. The number of aromatic nitrogens is 1. The Morgan fingerprint density at radius 1 is 1.29 bits per heavy atom. The average Bonchev–Trinajstić information content (AvgIpc) is 2.66. The van der Waals surface area contributed by atoms with E-state index in [1.54, 1.807) is 18.4 Å². The molecule has 89 valence electrons. The second-order valence-corrected chi connectivity index (χ2v) is 4.89. The van der Waals surface area contributed by atoms with Crippen LogP contribution in [-0.4, -0.2) is 12.1 Å². The van der Waals surface area contributed by atoms with Gasteiger partial charge in [-0.25, -0.2) is 4.98 Å². The molecule has 0 saturated carbocycles. The van der Waals surface area contributed by atoms with Gasteiger partial charge >= 0.3 is 0 Å². The molecule has 0 amide bonds. The molecular weight excluding hydrogens is 232 g/mol. The molecule has 0 saturated heterocycles. The molecule has 1 heterocycles. The summed E-state index contributed by atoms with van der Waals surface area (Å²) in [6.45, 7) is 6.00. The smallest absolute Gasteiger partial charge is 0.183 e. The number of nitrogens with one attached hydrogen (secondary N) is 1. The summed E-state index contributed by atoms with van der Waals surface area (Å²) in [7, 11) is 1.67. The van der Waals surface area contributed by atoms with Crippen LogP contribution >= 0.6 is 11.3 Å². The van der Waals surface area contributed by atoms with Gasteiger partial charge in [-0.1, -0.05) is 18.2 Å². The zero-order valence-electron chi connectivity index (χ0n) is 10.2. The van der Waals surface area contributed by atoms with Gasteiger partial charge in [-0.15, -0.1) is 11.3 Å². The van der Waals surface area contributed by atoms with Crippen molar-refractivity contribution in [3.63, 3.8) is 0 Å². The van der Waals surface area contributed by atoms with Gasteiger partial charge in [0.05, 0.1) is 19.3 Å². The molecular formula is C13H15N2OS. The summed E-state index contributed by atoms with van der Waals surface area (Å²) in [6, 6.07) is 7.87. The van der Waals surface area contributed by atoms with Crippen molar-refractivity contribution in [1.29, 1.82) is 0 Å². The van der Waals surface area contributed by atoms with E-state index in [2.05, 4.69) is 17.2 Å². The van der Waals surface area contributed by atoms with Crippen molar-refractivity contribution in [3.05, 3.63) is 46.9 Å². The van der Waals surface area contributed by atoms with Crippen LogP contribution in [0.2, 0.25) is 0 Å². The van der Waals surface area contributed by atoms with Crippen LogP contribution in [0.5, 0.6) is 5.75 Å². The van der Waals surface area contributed by atoms with E-state index < -0.39 is 0 Å². The molecule has 1 aromatic carbocycles. The fourth-order valence-electron chi connectivity index (χ4n) is 1.46. The summed E-state index contributed by atoms with van der Waals surface area (Å²) < 4.78 is 5.27. The predicted octanol–water partition coefficient (Wildman–Crippen LogP) is 3.39. The quantitative estimate of drug-likeness (QED) is 0.899. The van der Waals surface area contributed by atoms with Gasteiger partial charge in [0.2, 0.25) is 0 Å². The summed E-state index contributed by atoms with van der Waals surface area (Å²) in [5.74, 6) is 0.852. The van der Waals surface area contributed by atoms with Gasteiger partial charge in [0.25, 0.3) is 0 Å². The molecule has 1 radical (unpaired) electrons. The summed E-state index contributed by atoms with van der Waals surface area (Å²) in [5.41, 5.74) is 2.09. The van der Waals surface area contributed by atoms with Gasteiger partial charge in [-0.2, -0.15) is 0 Å². The van der Waals surface area contributed by atoms with E-state index in [9.17, 15) is 0 Å². The molecule has 0 unspecified atom stereocenters. The summed E-state index contributed by atoms with van der Waals surface area (Å²) in [5, 5.41) is 4.11. The monoisotopic (exact) mass is 247 g/mol. The molecule has 0 fully saturated rings. The summed E-state index contributed by atoms with van der Waals surface area (Å²) in [4.78, 5) is 5.65. The number of benzene rings is 1. The van der Waals surface area contributed by atoms with Crippen LogP contribution in [0, 0.1) is 20.4 Å². The van der Waals surface area contributed by atoms with E-state index in [-0.39, 0.29) is 0 Å². The molecule has 0 spiro atoms. The molecule has 3 nitrogen and oxygen atoms in total. The maximum atomic E-state index is 5.27. The largest absolute Gasteiger partial charge is 0.496 e. The minimum Gasteiger partial charge on any atom is -0.496 e. The molecule has 0 atom stereocenters. The normalized spacial score (nSPS) is 10.3. The number of aryl methyl sites for hydroxylation is 2. The zero-order chi connectivity index (χ0) is 12.3. The molecule has 0 aliphatic rings. The summed E-state index contributed by atoms with van der Waals surface area (Å²) in [6.07, 6.45) is 0. The third kappa shape index (κ3) is 2.77. The van der Waals surface area contributed by atoms with Gasteiger partial charge in [-0.05, 0) is 19.9 Å². The van der Waals surface area contributed by atoms with Gasteiger partial charge in [0.15, 0.2) is 5.13 Å². The van der Waals surface area contributed by atoms with Gasteiger partial charge < -0.3 is 10.1 Å². The van der Waals surface area contributed by atoms with E-state index in [1.165, 1.54) is 4.88 Å². The average molecular weight is 247 g/mol. The highest BCUT2D eigenvalue weighted by molar-refractivity contribution is 7.15. The van der Waals surface area contributed by atoms with E-state index in [4.69, 9.17) is 4.74 Å². The van der Waals surface area contributed by atoms with Crippen LogP contribution in [0.4, 0.5) is 5.13 Å². The molecule has 2 rings (SSSR count). The van der Waals surface area contributed by atoms with E-state index in [0.717, 1.165) is 22.1 Å². The van der Waals surface area contributed by atoms with Crippen molar-refractivity contribution in [2.24, 2.45) is 0 Å².